The van der Waals surface area contributed by atoms with Crippen molar-refractivity contribution in [1.29, 1.82) is 0 Å². The van der Waals surface area contributed by atoms with Crippen molar-refractivity contribution in [3.8, 4) is 0 Å². The summed E-state index contributed by atoms with van der Waals surface area (Å²) in [5, 5.41) is 9.54. The van der Waals surface area contributed by atoms with Crippen molar-refractivity contribution in [2.75, 3.05) is 41.0 Å². The molecule has 0 saturated carbocycles. The molecule has 0 aliphatic heterocycles. The van der Waals surface area contributed by atoms with Gasteiger partial charge < -0.3 is 23.8 Å². The molecule has 260 valence electrons. The fourth-order valence-corrected chi connectivity index (χ4v) is 5.38. The van der Waals surface area contributed by atoms with Crippen LogP contribution in [0.2, 0.25) is 0 Å². The average Bonchev–Trinajstić information content (AvgIpc) is 2.96. The first-order valence-corrected chi connectivity index (χ1v) is 18.1. The van der Waals surface area contributed by atoms with Crippen LogP contribution in [-0.4, -0.2) is 80.6 Å². The van der Waals surface area contributed by atoms with E-state index in [-0.39, 0.29) is 36.2 Å². The fourth-order valence-electron chi connectivity index (χ4n) is 5.38. The van der Waals surface area contributed by atoms with Crippen molar-refractivity contribution in [2.24, 2.45) is 0 Å². The van der Waals surface area contributed by atoms with E-state index in [0.717, 1.165) is 38.5 Å². The van der Waals surface area contributed by atoms with Crippen LogP contribution in [0.1, 0.15) is 162 Å². The summed E-state index contributed by atoms with van der Waals surface area (Å²) >= 11 is 0. The van der Waals surface area contributed by atoms with E-state index in [1.54, 1.807) is 0 Å². The summed E-state index contributed by atoms with van der Waals surface area (Å²) in [6.07, 6.45) is 24.4. The maximum absolute atomic E-state index is 12.5. The SMILES string of the molecule is CCCCCCCCCCCCCCCC(=O)OCC(COCCC(C(=O)O)[N+](C)(C)C)OC(=O)CCCCCCCCC. The van der Waals surface area contributed by atoms with E-state index in [2.05, 4.69) is 13.8 Å². The zero-order valence-electron chi connectivity index (χ0n) is 29.4. The molecule has 0 fully saturated rings. The molecule has 0 aliphatic rings. The fraction of sp³-hybridized carbons (Fsp3) is 0.917. The molecule has 0 bridgehead atoms. The van der Waals surface area contributed by atoms with Gasteiger partial charge >= 0.3 is 17.9 Å². The summed E-state index contributed by atoms with van der Waals surface area (Å²) in [7, 11) is 5.51. The Balaban J connectivity index is 4.35. The molecule has 1 N–H and O–H groups in total. The van der Waals surface area contributed by atoms with Crippen LogP contribution in [-0.2, 0) is 28.6 Å². The lowest BCUT2D eigenvalue weighted by molar-refractivity contribution is -0.887. The molecule has 0 aromatic heterocycles. The smallest absolute Gasteiger partial charge is 0.362 e. The Labute approximate surface area is 270 Å². The zero-order chi connectivity index (χ0) is 32.9. The molecule has 2 atom stereocenters. The van der Waals surface area contributed by atoms with Crippen molar-refractivity contribution < 1.29 is 38.2 Å². The molecule has 0 spiro atoms. The number of carboxylic acid groups (broad SMARTS) is 1. The Hall–Kier alpha value is -1.67. The van der Waals surface area contributed by atoms with Gasteiger partial charge in [0.15, 0.2) is 12.1 Å². The minimum atomic E-state index is -0.874. The number of quaternary nitrogens is 1. The number of esters is 2. The normalized spacial score (nSPS) is 13.0. The van der Waals surface area contributed by atoms with Crippen molar-refractivity contribution in [3.05, 3.63) is 0 Å². The highest BCUT2D eigenvalue weighted by Gasteiger charge is 2.31. The second kappa shape index (κ2) is 28.8. The standard InChI is InChI=1S/C36H69NO7/c1-6-8-10-12-14-15-16-17-18-19-21-22-24-26-34(38)43-31-32(30-42-29-28-33(36(40)41)37(3,4)5)44-35(39)27-25-23-20-13-11-9-7-2/h32-33H,6-31H2,1-5H3/p+1. The average molecular weight is 629 g/mol. The maximum atomic E-state index is 12.5. The summed E-state index contributed by atoms with van der Waals surface area (Å²) in [6, 6.07) is -0.605. The Morgan fingerprint density at radius 3 is 1.41 bits per heavy atom. The van der Waals surface area contributed by atoms with E-state index < -0.39 is 18.1 Å². The van der Waals surface area contributed by atoms with Crippen LogP contribution in [0.15, 0.2) is 0 Å². The molecule has 0 aromatic rings. The molecule has 8 nitrogen and oxygen atoms in total. The molecular weight excluding hydrogens is 558 g/mol. The highest BCUT2D eigenvalue weighted by molar-refractivity contribution is 5.72. The van der Waals surface area contributed by atoms with Gasteiger partial charge in [0.25, 0.3) is 0 Å². The molecular formula is C36H70NO7+. The van der Waals surface area contributed by atoms with E-state index in [4.69, 9.17) is 14.2 Å². The highest BCUT2D eigenvalue weighted by atomic mass is 16.6. The molecule has 8 heteroatoms. The van der Waals surface area contributed by atoms with Gasteiger partial charge in [-0.1, -0.05) is 129 Å². The van der Waals surface area contributed by atoms with E-state index >= 15 is 0 Å². The number of likely N-dealkylation sites (N-methyl/N-ethyl adjacent to an activating group) is 1. The predicted molar refractivity (Wildman–Crippen MR) is 179 cm³/mol. The Morgan fingerprint density at radius 2 is 1.00 bits per heavy atom. The second-order valence-electron chi connectivity index (χ2n) is 13.5. The van der Waals surface area contributed by atoms with Gasteiger partial charge in [0.2, 0.25) is 0 Å². The van der Waals surface area contributed by atoms with Crippen LogP contribution in [0.5, 0.6) is 0 Å². The quantitative estimate of drug-likeness (QED) is 0.0452. The summed E-state index contributed by atoms with van der Waals surface area (Å²) in [4.78, 5) is 36.5. The van der Waals surface area contributed by atoms with Gasteiger partial charge in [0, 0.05) is 19.3 Å². The van der Waals surface area contributed by atoms with Crippen LogP contribution < -0.4 is 0 Å². The van der Waals surface area contributed by atoms with Crippen LogP contribution in [0, 0.1) is 0 Å². The third-order valence-corrected chi connectivity index (χ3v) is 8.26. The Kier molecular flexibility index (Phi) is 27.7. The molecule has 0 saturated heterocycles. The van der Waals surface area contributed by atoms with Gasteiger partial charge in [-0.25, -0.2) is 4.79 Å². The second-order valence-corrected chi connectivity index (χ2v) is 13.5. The first-order valence-electron chi connectivity index (χ1n) is 18.1. The number of carbonyl (C=O) groups is 3. The van der Waals surface area contributed by atoms with E-state index in [1.165, 1.54) is 89.9 Å². The van der Waals surface area contributed by atoms with Gasteiger partial charge in [0.05, 0.1) is 34.4 Å². The van der Waals surface area contributed by atoms with Gasteiger partial charge in [0.1, 0.15) is 6.61 Å². The zero-order valence-corrected chi connectivity index (χ0v) is 29.4. The van der Waals surface area contributed by atoms with Crippen LogP contribution >= 0.6 is 0 Å². The molecule has 44 heavy (non-hydrogen) atoms. The number of ether oxygens (including phenoxy) is 3. The molecule has 0 radical (unpaired) electrons. The molecule has 0 heterocycles. The summed E-state index contributed by atoms with van der Waals surface area (Å²) < 4.78 is 17.1. The number of unbranched alkanes of at least 4 members (excludes halogenated alkanes) is 18. The van der Waals surface area contributed by atoms with Crippen molar-refractivity contribution in [3.63, 3.8) is 0 Å². The number of rotatable bonds is 32. The van der Waals surface area contributed by atoms with Gasteiger partial charge in [-0.2, -0.15) is 0 Å². The van der Waals surface area contributed by atoms with Crippen molar-refractivity contribution in [2.45, 2.75) is 174 Å². The molecule has 0 rings (SSSR count). The van der Waals surface area contributed by atoms with Crippen molar-refractivity contribution >= 4 is 17.9 Å². The Bertz CT molecular complexity index is 707. The van der Waals surface area contributed by atoms with E-state index in [1.807, 2.05) is 21.1 Å². The summed E-state index contributed by atoms with van der Waals surface area (Å²) in [6.45, 7) is 4.69. The lowest BCUT2D eigenvalue weighted by Gasteiger charge is -2.31. The van der Waals surface area contributed by atoms with Crippen LogP contribution in [0.4, 0.5) is 0 Å². The minimum absolute atomic E-state index is 0.0439. The molecule has 2 unspecified atom stereocenters. The highest BCUT2D eigenvalue weighted by Crippen LogP contribution is 2.14. The van der Waals surface area contributed by atoms with Crippen LogP contribution in [0.3, 0.4) is 0 Å². The van der Waals surface area contributed by atoms with Gasteiger partial charge in [-0.05, 0) is 12.8 Å². The topological polar surface area (TPSA) is 99.1 Å². The first kappa shape index (κ1) is 42.3. The minimum Gasteiger partial charge on any atom is -0.477 e. The number of carbonyl (C=O) groups excluding carboxylic acids is 2. The number of hydrogen-bond acceptors (Lipinski definition) is 6. The van der Waals surface area contributed by atoms with Crippen molar-refractivity contribution in [1.82, 2.24) is 0 Å². The maximum Gasteiger partial charge on any atom is 0.362 e. The van der Waals surface area contributed by atoms with E-state index in [0.29, 0.717) is 19.3 Å². The van der Waals surface area contributed by atoms with E-state index in [9.17, 15) is 19.5 Å². The summed E-state index contributed by atoms with van der Waals surface area (Å²) in [5.41, 5.74) is 0. The molecule has 0 aliphatic carbocycles. The number of aliphatic carboxylic acids is 1. The third kappa shape index (κ3) is 26.7. The monoisotopic (exact) mass is 629 g/mol. The lowest BCUT2D eigenvalue weighted by Crippen LogP contribution is -2.50. The molecule has 0 aromatic carbocycles. The van der Waals surface area contributed by atoms with Gasteiger partial charge in [-0.3, -0.25) is 9.59 Å². The number of nitrogens with zero attached hydrogens (tertiary/aromatic N) is 1. The predicted octanol–water partition coefficient (Wildman–Crippen LogP) is 8.63. The van der Waals surface area contributed by atoms with Crippen LogP contribution in [0.25, 0.3) is 0 Å². The molecule has 0 amide bonds. The number of carboxylic acids is 1. The Morgan fingerprint density at radius 1 is 0.591 bits per heavy atom. The largest absolute Gasteiger partial charge is 0.477 e. The van der Waals surface area contributed by atoms with Gasteiger partial charge in [-0.15, -0.1) is 0 Å². The third-order valence-electron chi connectivity index (χ3n) is 8.26. The lowest BCUT2D eigenvalue weighted by atomic mass is 10.0. The first-order chi connectivity index (χ1) is 21.1. The summed E-state index contributed by atoms with van der Waals surface area (Å²) in [5.74, 6) is -1.47. The number of hydrogen-bond donors (Lipinski definition) is 1.